The zero-order chi connectivity index (χ0) is 14.0. The molecule has 102 valence electrons. The van der Waals surface area contributed by atoms with Gasteiger partial charge in [-0.05, 0) is 31.0 Å². The molecule has 1 aromatic carbocycles. The molecule has 0 fully saturated rings. The van der Waals surface area contributed by atoms with Crippen molar-refractivity contribution in [2.45, 2.75) is 39.5 Å². The molecule has 1 heterocycles. The third-order valence-corrected chi connectivity index (χ3v) is 3.91. The topological polar surface area (TPSA) is 37.4 Å². The molecule has 0 bridgehead atoms. The van der Waals surface area contributed by atoms with Gasteiger partial charge in [0.25, 0.3) is 11.7 Å². The van der Waals surface area contributed by atoms with Gasteiger partial charge in [0.15, 0.2) is 0 Å². The Morgan fingerprint density at radius 3 is 2.58 bits per heavy atom. The number of unbranched alkanes of at least 4 members (excludes halogenated alkanes) is 3. The number of carbonyl (C=O) groups excluding carboxylic acids is 2. The van der Waals surface area contributed by atoms with Crippen LogP contribution in [0.15, 0.2) is 16.6 Å². The zero-order valence-corrected chi connectivity index (χ0v) is 12.9. The van der Waals surface area contributed by atoms with Gasteiger partial charge >= 0.3 is 0 Å². The first kappa shape index (κ1) is 14.3. The fourth-order valence-electron chi connectivity index (χ4n) is 2.52. The molecule has 1 aliphatic heterocycles. The van der Waals surface area contributed by atoms with Crippen molar-refractivity contribution in [3.63, 3.8) is 0 Å². The molecular weight excluding hydrogens is 306 g/mol. The van der Waals surface area contributed by atoms with Crippen LogP contribution in [0, 0.1) is 6.92 Å². The van der Waals surface area contributed by atoms with Crippen molar-refractivity contribution in [3.8, 4) is 0 Å². The van der Waals surface area contributed by atoms with Crippen molar-refractivity contribution < 1.29 is 9.59 Å². The number of benzene rings is 1. The summed E-state index contributed by atoms with van der Waals surface area (Å²) < 4.78 is 0.845. The highest BCUT2D eigenvalue weighted by molar-refractivity contribution is 9.10. The lowest BCUT2D eigenvalue weighted by molar-refractivity contribution is -0.114. The number of halogens is 1. The summed E-state index contributed by atoms with van der Waals surface area (Å²) in [5, 5.41) is 0. The quantitative estimate of drug-likeness (QED) is 0.609. The number of rotatable bonds is 5. The fraction of sp³-hybridized carbons (Fsp3) is 0.467. The van der Waals surface area contributed by atoms with Crippen LogP contribution in [0.3, 0.4) is 0 Å². The maximum atomic E-state index is 12.1. The largest absolute Gasteiger partial charge is 0.304 e. The highest BCUT2D eigenvalue weighted by Crippen LogP contribution is 2.35. The highest BCUT2D eigenvalue weighted by atomic mass is 79.9. The predicted octanol–water partition coefficient (Wildman–Crippen LogP) is 3.87. The molecule has 0 aromatic heterocycles. The van der Waals surface area contributed by atoms with Crippen LogP contribution >= 0.6 is 15.9 Å². The molecule has 0 N–H and O–H groups in total. The molecule has 4 heteroatoms. The number of fused-ring (bicyclic) bond motifs is 1. The molecule has 0 unspecified atom stereocenters. The van der Waals surface area contributed by atoms with Crippen molar-refractivity contribution in [2.75, 3.05) is 11.4 Å². The summed E-state index contributed by atoms with van der Waals surface area (Å²) in [6.07, 6.45) is 4.37. The standard InChI is InChI=1S/C15H18BrNO2/c1-3-4-5-6-7-17-13-10(2)8-11(16)9-12(13)14(18)15(17)19/h8-9H,3-7H2,1-2H3. The third kappa shape index (κ3) is 2.73. The van der Waals surface area contributed by atoms with Crippen LogP contribution in [0.4, 0.5) is 5.69 Å². The second-order valence-corrected chi connectivity index (χ2v) is 5.88. The van der Waals surface area contributed by atoms with Gasteiger partial charge in [-0.25, -0.2) is 0 Å². The molecule has 1 aromatic rings. The number of aryl methyl sites for hydroxylation is 1. The second-order valence-electron chi connectivity index (χ2n) is 4.97. The first-order chi connectivity index (χ1) is 9.06. The number of carbonyl (C=O) groups is 2. The first-order valence-electron chi connectivity index (χ1n) is 6.72. The zero-order valence-electron chi connectivity index (χ0n) is 11.3. The van der Waals surface area contributed by atoms with E-state index in [1.807, 2.05) is 13.0 Å². The van der Waals surface area contributed by atoms with Gasteiger partial charge < -0.3 is 4.90 Å². The average molecular weight is 324 g/mol. The molecule has 0 radical (unpaired) electrons. The van der Waals surface area contributed by atoms with Crippen LogP contribution < -0.4 is 4.90 Å². The monoisotopic (exact) mass is 323 g/mol. The number of Topliss-reactive ketones (excluding diaryl/α,β-unsaturated/α-hetero) is 1. The fourth-order valence-corrected chi connectivity index (χ4v) is 3.09. The van der Waals surface area contributed by atoms with E-state index in [9.17, 15) is 9.59 Å². The van der Waals surface area contributed by atoms with E-state index < -0.39 is 0 Å². The van der Waals surface area contributed by atoms with E-state index in [-0.39, 0.29) is 11.7 Å². The Kier molecular flexibility index (Phi) is 4.40. The number of ketones is 1. The first-order valence-corrected chi connectivity index (χ1v) is 7.52. The summed E-state index contributed by atoms with van der Waals surface area (Å²) in [6.45, 7) is 4.73. The van der Waals surface area contributed by atoms with E-state index in [1.165, 1.54) is 6.42 Å². The average Bonchev–Trinajstić information content (AvgIpc) is 2.60. The summed E-state index contributed by atoms with van der Waals surface area (Å²) in [7, 11) is 0. The summed E-state index contributed by atoms with van der Waals surface area (Å²) in [6, 6.07) is 3.69. The van der Waals surface area contributed by atoms with Crippen LogP contribution in [0.2, 0.25) is 0 Å². The van der Waals surface area contributed by atoms with Crippen molar-refractivity contribution in [1.29, 1.82) is 0 Å². The van der Waals surface area contributed by atoms with Crippen molar-refractivity contribution in [1.82, 2.24) is 0 Å². The van der Waals surface area contributed by atoms with Crippen LogP contribution in [0.1, 0.15) is 48.5 Å². The number of amides is 1. The molecular formula is C15H18BrNO2. The van der Waals surface area contributed by atoms with Crippen molar-refractivity contribution in [3.05, 3.63) is 27.7 Å². The molecule has 0 spiro atoms. The second kappa shape index (κ2) is 5.87. The van der Waals surface area contributed by atoms with E-state index >= 15 is 0 Å². The number of hydrogen-bond donors (Lipinski definition) is 0. The van der Waals surface area contributed by atoms with Gasteiger partial charge in [-0.3, -0.25) is 9.59 Å². The highest BCUT2D eigenvalue weighted by Gasteiger charge is 2.36. The number of anilines is 1. The normalized spacial score (nSPS) is 14.2. The maximum Gasteiger partial charge on any atom is 0.299 e. The Morgan fingerprint density at radius 2 is 1.89 bits per heavy atom. The van der Waals surface area contributed by atoms with Crippen LogP contribution in [-0.2, 0) is 4.79 Å². The van der Waals surface area contributed by atoms with E-state index in [1.54, 1.807) is 11.0 Å². The molecule has 0 saturated carbocycles. The predicted molar refractivity (Wildman–Crippen MR) is 79.7 cm³/mol. The lowest BCUT2D eigenvalue weighted by atomic mass is 10.1. The summed E-state index contributed by atoms with van der Waals surface area (Å²) in [5.41, 5.74) is 2.31. The molecule has 0 saturated heterocycles. The SMILES string of the molecule is CCCCCCN1C(=O)C(=O)c2cc(Br)cc(C)c21. The minimum Gasteiger partial charge on any atom is -0.304 e. The summed E-state index contributed by atoms with van der Waals surface area (Å²) in [5.74, 6) is -0.761. The van der Waals surface area contributed by atoms with Gasteiger partial charge in [-0.15, -0.1) is 0 Å². The van der Waals surface area contributed by atoms with Gasteiger partial charge in [-0.1, -0.05) is 42.1 Å². The van der Waals surface area contributed by atoms with Gasteiger partial charge in [0.2, 0.25) is 0 Å². The van der Waals surface area contributed by atoms with Gasteiger partial charge in [0, 0.05) is 11.0 Å². The number of hydrogen-bond acceptors (Lipinski definition) is 2. The van der Waals surface area contributed by atoms with E-state index in [0.29, 0.717) is 12.1 Å². The smallest absolute Gasteiger partial charge is 0.299 e. The lowest BCUT2D eigenvalue weighted by Gasteiger charge is -2.18. The molecule has 1 amide bonds. The summed E-state index contributed by atoms with van der Waals surface area (Å²) in [4.78, 5) is 25.7. The minimum absolute atomic E-state index is 0.380. The van der Waals surface area contributed by atoms with Crippen molar-refractivity contribution in [2.24, 2.45) is 0 Å². The van der Waals surface area contributed by atoms with Crippen molar-refractivity contribution >= 4 is 33.3 Å². The summed E-state index contributed by atoms with van der Waals surface area (Å²) >= 11 is 3.37. The molecule has 1 aliphatic rings. The van der Waals surface area contributed by atoms with E-state index in [4.69, 9.17) is 0 Å². The van der Waals surface area contributed by atoms with E-state index in [2.05, 4.69) is 22.9 Å². The molecule has 2 rings (SSSR count). The maximum absolute atomic E-state index is 12.1. The minimum atomic E-state index is -0.382. The number of nitrogens with zero attached hydrogens (tertiary/aromatic N) is 1. The Labute approximate surface area is 122 Å². The van der Waals surface area contributed by atoms with E-state index in [0.717, 1.165) is 35.0 Å². The molecule has 0 atom stereocenters. The Balaban J connectivity index is 2.23. The van der Waals surface area contributed by atoms with Crippen LogP contribution in [0.5, 0.6) is 0 Å². The van der Waals surface area contributed by atoms with Gasteiger partial charge in [-0.2, -0.15) is 0 Å². The Morgan fingerprint density at radius 1 is 1.16 bits per heavy atom. The molecule has 3 nitrogen and oxygen atoms in total. The Hall–Kier alpha value is -1.16. The lowest BCUT2D eigenvalue weighted by Crippen LogP contribution is -2.31. The van der Waals surface area contributed by atoms with Gasteiger partial charge in [0.05, 0.1) is 11.3 Å². The third-order valence-electron chi connectivity index (χ3n) is 3.45. The Bertz CT molecular complexity index is 525. The van der Waals surface area contributed by atoms with Crippen LogP contribution in [-0.4, -0.2) is 18.2 Å². The van der Waals surface area contributed by atoms with Gasteiger partial charge in [0.1, 0.15) is 0 Å². The van der Waals surface area contributed by atoms with Crippen LogP contribution in [0.25, 0.3) is 0 Å². The molecule has 0 aliphatic carbocycles. The molecule has 19 heavy (non-hydrogen) atoms.